The van der Waals surface area contributed by atoms with Crippen LogP contribution in [0.25, 0.3) is 0 Å². The second kappa shape index (κ2) is 8.37. The van der Waals surface area contributed by atoms with E-state index in [2.05, 4.69) is 5.32 Å². The summed E-state index contributed by atoms with van der Waals surface area (Å²) < 4.78 is 31.3. The Hall–Kier alpha value is -1.96. The first-order valence-electron chi connectivity index (χ1n) is 7.94. The zero-order valence-corrected chi connectivity index (χ0v) is 17.6. The number of anilines is 2. The summed E-state index contributed by atoms with van der Waals surface area (Å²) in [6.45, 7) is 3.30. The highest BCUT2D eigenvalue weighted by Gasteiger charge is 2.31. The molecule has 0 bridgehead atoms. The highest BCUT2D eigenvalue weighted by atomic mass is 35.5. The van der Waals surface area contributed by atoms with Gasteiger partial charge in [-0.3, -0.25) is 9.10 Å². The standard InChI is InChI=1S/C18H20Cl2N2O4S/c1-11-5-8-17(26-3)16(9-11)22(27(4,24)25)12(2)18(23)21-15-10-13(19)6-7-14(15)20/h5-10,12H,1-4H3,(H,21,23)/t12-/m0/s1. The van der Waals surface area contributed by atoms with Crippen LogP contribution in [0, 0.1) is 6.92 Å². The molecule has 1 N–H and O–H groups in total. The number of halogens is 2. The molecule has 27 heavy (non-hydrogen) atoms. The quantitative estimate of drug-likeness (QED) is 0.747. The highest BCUT2D eigenvalue weighted by Crippen LogP contribution is 2.33. The maximum atomic E-state index is 12.8. The minimum atomic E-state index is -3.79. The molecule has 0 aliphatic heterocycles. The van der Waals surface area contributed by atoms with E-state index in [9.17, 15) is 13.2 Å². The molecule has 0 radical (unpaired) electrons. The van der Waals surface area contributed by atoms with Crippen molar-refractivity contribution in [3.63, 3.8) is 0 Å². The number of hydrogen-bond acceptors (Lipinski definition) is 4. The van der Waals surface area contributed by atoms with Crippen LogP contribution in [0.3, 0.4) is 0 Å². The molecule has 0 aliphatic rings. The van der Waals surface area contributed by atoms with Crippen LogP contribution in [-0.4, -0.2) is 33.7 Å². The van der Waals surface area contributed by atoms with Gasteiger partial charge in [0.05, 0.1) is 29.8 Å². The molecule has 2 rings (SSSR count). The van der Waals surface area contributed by atoms with Gasteiger partial charge in [-0.25, -0.2) is 8.42 Å². The van der Waals surface area contributed by atoms with Crippen LogP contribution >= 0.6 is 23.2 Å². The summed E-state index contributed by atoms with van der Waals surface area (Å²) in [6, 6.07) is 8.65. The number of amides is 1. The molecule has 0 heterocycles. The maximum absolute atomic E-state index is 12.8. The molecule has 1 atom stereocenters. The molecule has 0 aliphatic carbocycles. The third kappa shape index (κ3) is 5.06. The van der Waals surface area contributed by atoms with Crippen LogP contribution in [0.4, 0.5) is 11.4 Å². The van der Waals surface area contributed by atoms with Crippen molar-refractivity contribution in [2.24, 2.45) is 0 Å². The summed E-state index contributed by atoms with van der Waals surface area (Å²) in [5, 5.41) is 3.31. The number of rotatable bonds is 6. The van der Waals surface area contributed by atoms with Gasteiger partial charge in [0.1, 0.15) is 11.8 Å². The number of carbonyl (C=O) groups excluding carboxylic acids is 1. The van der Waals surface area contributed by atoms with Crippen LogP contribution < -0.4 is 14.4 Å². The predicted octanol–water partition coefficient (Wildman–Crippen LogP) is 4.10. The van der Waals surface area contributed by atoms with Crippen molar-refractivity contribution in [1.29, 1.82) is 0 Å². The van der Waals surface area contributed by atoms with Crippen LogP contribution in [0.2, 0.25) is 10.0 Å². The van der Waals surface area contributed by atoms with Crippen LogP contribution in [0.15, 0.2) is 36.4 Å². The summed E-state index contributed by atoms with van der Waals surface area (Å²) >= 11 is 12.0. The molecule has 9 heteroatoms. The van der Waals surface area contributed by atoms with E-state index >= 15 is 0 Å². The molecule has 2 aromatic rings. The fraction of sp³-hybridized carbons (Fsp3) is 0.278. The number of hydrogen-bond donors (Lipinski definition) is 1. The lowest BCUT2D eigenvalue weighted by atomic mass is 10.2. The summed E-state index contributed by atoms with van der Waals surface area (Å²) in [5.74, 6) is -0.223. The molecule has 1 amide bonds. The van der Waals surface area contributed by atoms with E-state index in [0.717, 1.165) is 16.1 Å². The van der Waals surface area contributed by atoms with Gasteiger partial charge in [-0.1, -0.05) is 29.3 Å². The first kappa shape index (κ1) is 21.3. The van der Waals surface area contributed by atoms with E-state index in [1.54, 1.807) is 30.3 Å². The number of benzene rings is 2. The van der Waals surface area contributed by atoms with Crippen molar-refractivity contribution in [3.8, 4) is 5.75 Å². The third-order valence-corrected chi connectivity index (χ3v) is 5.64. The summed E-state index contributed by atoms with van der Waals surface area (Å²) in [6.07, 6.45) is 1.03. The predicted molar refractivity (Wildman–Crippen MR) is 110 cm³/mol. The zero-order valence-electron chi connectivity index (χ0n) is 15.3. The van der Waals surface area contributed by atoms with E-state index in [-0.39, 0.29) is 5.69 Å². The van der Waals surface area contributed by atoms with Crippen LogP contribution in [0.1, 0.15) is 12.5 Å². The van der Waals surface area contributed by atoms with E-state index < -0.39 is 22.0 Å². The lowest BCUT2D eigenvalue weighted by molar-refractivity contribution is -0.116. The summed E-state index contributed by atoms with van der Waals surface area (Å²) in [4.78, 5) is 12.8. The number of aryl methyl sites for hydroxylation is 1. The van der Waals surface area contributed by atoms with Crippen LogP contribution in [-0.2, 0) is 14.8 Å². The fourth-order valence-corrected chi connectivity index (χ4v) is 4.09. The van der Waals surface area contributed by atoms with Gasteiger partial charge in [0.15, 0.2) is 0 Å². The molecule has 0 saturated carbocycles. The van der Waals surface area contributed by atoms with E-state index in [0.29, 0.717) is 21.5 Å². The van der Waals surface area contributed by atoms with Crippen molar-refractivity contribution in [2.75, 3.05) is 23.0 Å². The number of nitrogens with zero attached hydrogens (tertiary/aromatic N) is 1. The molecule has 0 fully saturated rings. The molecule has 2 aromatic carbocycles. The Balaban J connectivity index is 2.44. The Morgan fingerprint density at radius 2 is 1.85 bits per heavy atom. The molecule has 0 spiro atoms. The first-order chi connectivity index (χ1) is 12.5. The SMILES string of the molecule is COc1ccc(C)cc1N([C@@H](C)C(=O)Nc1cc(Cl)ccc1Cl)S(C)(=O)=O. The van der Waals surface area contributed by atoms with Gasteiger partial charge in [0, 0.05) is 5.02 Å². The highest BCUT2D eigenvalue weighted by molar-refractivity contribution is 7.92. The van der Waals surface area contributed by atoms with Crippen LogP contribution in [0.5, 0.6) is 5.75 Å². The van der Waals surface area contributed by atoms with Gasteiger partial charge in [0.2, 0.25) is 15.9 Å². The topological polar surface area (TPSA) is 75.7 Å². The average Bonchev–Trinajstić information content (AvgIpc) is 2.57. The maximum Gasteiger partial charge on any atom is 0.248 e. The first-order valence-corrected chi connectivity index (χ1v) is 10.5. The van der Waals surface area contributed by atoms with Gasteiger partial charge in [-0.2, -0.15) is 0 Å². The lowest BCUT2D eigenvalue weighted by Crippen LogP contribution is -2.45. The minimum absolute atomic E-state index is 0.278. The molecule has 0 unspecified atom stereocenters. The second-order valence-corrected chi connectivity index (χ2v) is 8.73. The molecule has 0 saturated heterocycles. The number of sulfonamides is 1. The molecular weight excluding hydrogens is 411 g/mol. The number of ether oxygens (including phenoxy) is 1. The Labute approximate surface area is 169 Å². The van der Waals surface area contributed by atoms with Gasteiger partial charge in [-0.05, 0) is 49.7 Å². The number of nitrogens with one attached hydrogen (secondary N) is 1. The Kier molecular flexibility index (Phi) is 6.62. The molecule has 6 nitrogen and oxygen atoms in total. The van der Waals surface area contributed by atoms with E-state index in [1.807, 2.05) is 6.92 Å². The molecule has 0 aromatic heterocycles. The van der Waals surface area contributed by atoms with E-state index in [1.165, 1.54) is 20.1 Å². The Morgan fingerprint density at radius 1 is 1.19 bits per heavy atom. The van der Waals surface area contributed by atoms with Crippen molar-refractivity contribution in [3.05, 3.63) is 52.0 Å². The smallest absolute Gasteiger partial charge is 0.248 e. The van der Waals surface area contributed by atoms with Crippen molar-refractivity contribution in [1.82, 2.24) is 0 Å². The average molecular weight is 431 g/mol. The second-order valence-electron chi connectivity index (χ2n) is 6.02. The number of carbonyl (C=O) groups is 1. The zero-order chi connectivity index (χ0) is 20.4. The van der Waals surface area contributed by atoms with Crippen molar-refractivity contribution >= 4 is 50.5 Å². The Morgan fingerprint density at radius 3 is 2.44 bits per heavy atom. The summed E-state index contributed by atoms with van der Waals surface area (Å²) in [7, 11) is -2.35. The van der Waals surface area contributed by atoms with Crippen molar-refractivity contribution in [2.45, 2.75) is 19.9 Å². The monoisotopic (exact) mass is 430 g/mol. The molecule has 146 valence electrons. The van der Waals surface area contributed by atoms with E-state index in [4.69, 9.17) is 27.9 Å². The fourth-order valence-electron chi connectivity index (χ4n) is 2.58. The number of methoxy groups -OCH3 is 1. The third-order valence-electron chi connectivity index (χ3n) is 3.85. The van der Waals surface area contributed by atoms with Gasteiger partial charge < -0.3 is 10.1 Å². The van der Waals surface area contributed by atoms with Gasteiger partial charge in [-0.15, -0.1) is 0 Å². The minimum Gasteiger partial charge on any atom is -0.495 e. The lowest BCUT2D eigenvalue weighted by Gasteiger charge is -2.29. The Bertz CT molecular complexity index is 964. The van der Waals surface area contributed by atoms with Crippen molar-refractivity contribution < 1.29 is 17.9 Å². The van der Waals surface area contributed by atoms with Gasteiger partial charge in [0.25, 0.3) is 0 Å². The molecular formula is C18H20Cl2N2O4S. The van der Waals surface area contributed by atoms with Gasteiger partial charge >= 0.3 is 0 Å². The summed E-state index contributed by atoms with van der Waals surface area (Å²) in [5.41, 5.74) is 1.40. The largest absolute Gasteiger partial charge is 0.495 e. The normalized spacial score (nSPS) is 12.4.